The minimum Gasteiger partial charge on any atom is -0.475 e. The zero-order valence-electron chi connectivity index (χ0n) is 9.45. The molecule has 0 bridgehead atoms. The molecule has 0 saturated heterocycles. The summed E-state index contributed by atoms with van der Waals surface area (Å²) in [7, 11) is 0. The van der Waals surface area contributed by atoms with E-state index in [2.05, 4.69) is 0 Å². The molecule has 1 N–H and O–H groups in total. The Bertz CT molecular complexity index is 465. The number of nitro groups is 1. The lowest BCUT2D eigenvalue weighted by Crippen LogP contribution is -2.10. The lowest BCUT2D eigenvalue weighted by atomic mass is 10.1. The third kappa shape index (κ3) is 3.16. The molecule has 1 rings (SSSR count). The highest BCUT2D eigenvalue weighted by Gasteiger charge is 2.16. The summed E-state index contributed by atoms with van der Waals surface area (Å²) in [6.07, 6.45) is -1.59. The molecule has 1 aromatic rings. The van der Waals surface area contributed by atoms with E-state index in [0.29, 0.717) is 5.56 Å². The second kappa shape index (κ2) is 5.27. The van der Waals surface area contributed by atoms with Gasteiger partial charge in [-0.05, 0) is 19.9 Å². The van der Waals surface area contributed by atoms with E-state index in [1.54, 1.807) is 6.92 Å². The largest absolute Gasteiger partial charge is 0.475 e. The Morgan fingerprint density at radius 2 is 2.18 bits per heavy atom. The van der Waals surface area contributed by atoms with E-state index in [9.17, 15) is 15.2 Å². The summed E-state index contributed by atoms with van der Waals surface area (Å²) in [6.45, 7) is 3.02. The van der Waals surface area contributed by atoms with Crippen LogP contribution in [0.4, 0.5) is 5.69 Å². The molecule has 0 saturated carbocycles. The zero-order valence-corrected chi connectivity index (χ0v) is 9.45. The SMILES string of the molecule is CC(C#N)Oc1ccc([N+](=O)[O-])cc1[C@@H](C)O. The van der Waals surface area contributed by atoms with Gasteiger partial charge in [-0.25, -0.2) is 0 Å². The molecule has 0 heterocycles. The van der Waals surface area contributed by atoms with Crippen LogP contribution in [0.25, 0.3) is 0 Å². The number of ether oxygens (including phenoxy) is 1. The average molecular weight is 236 g/mol. The summed E-state index contributed by atoms with van der Waals surface area (Å²) in [5.74, 6) is 0.277. The highest BCUT2D eigenvalue weighted by atomic mass is 16.6. The minimum absolute atomic E-state index is 0.127. The Morgan fingerprint density at radius 3 is 2.65 bits per heavy atom. The maximum atomic E-state index is 10.6. The Hall–Kier alpha value is -2.13. The molecule has 6 nitrogen and oxygen atoms in total. The first-order chi connectivity index (χ1) is 7.95. The number of aliphatic hydroxyl groups excluding tert-OH is 1. The van der Waals surface area contributed by atoms with Crippen molar-refractivity contribution in [3.63, 3.8) is 0 Å². The summed E-state index contributed by atoms with van der Waals surface area (Å²) in [5.41, 5.74) is 0.166. The maximum Gasteiger partial charge on any atom is 0.270 e. The number of nitrogens with zero attached hydrogens (tertiary/aromatic N) is 2. The van der Waals surface area contributed by atoms with Crippen LogP contribution in [0.1, 0.15) is 25.5 Å². The average Bonchev–Trinajstić information content (AvgIpc) is 2.28. The molecule has 0 amide bonds. The van der Waals surface area contributed by atoms with Crippen molar-refractivity contribution in [2.75, 3.05) is 0 Å². The van der Waals surface area contributed by atoms with Crippen LogP contribution in [0.2, 0.25) is 0 Å². The van der Waals surface area contributed by atoms with Gasteiger partial charge in [0.05, 0.1) is 11.0 Å². The van der Waals surface area contributed by atoms with Gasteiger partial charge in [-0.1, -0.05) is 0 Å². The first-order valence-corrected chi connectivity index (χ1v) is 4.98. The number of hydrogen-bond donors (Lipinski definition) is 1. The van der Waals surface area contributed by atoms with Gasteiger partial charge in [0.25, 0.3) is 5.69 Å². The van der Waals surface area contributed by atoms with Crippen LogP contribution in [0, 0.1) is 21.4 Å². The number of nitro benzene ring substituents is 1. The van der Waals surface area contributed by atoms with Crippen LogP contribution in [0.15, 0.2) is 18.2 Å². The summed E-state index contributed by atoms with van der Waals surface area (Å²) in [5, 5.41) is 28.7. The number of aliphatic hydroxyl groups is 1. The van der Waals surface area contributed by atoms with Crippen molar-refractivity contribution in [1.82, 2.24) is 0 Å². The predicted octanol–water partition coefficient (Wildman–Crippen LogP) is 1.94. The third-order valence-electron chi connectivity index (χ3n) is 2.14. The van der Waals surface area contributed by atoms with Crippen LogP contribution in [0.5, 0.6) is 5.75 Å². The van der Waals surface area contributed by atoms with Crippen molar-refractivity contribution in [2.45, 2.75) is 26.1 Å². The van der Waals surface area contributed by atoms with Crippen LogP contribution in [-0.4, -0.2) is 16.1 Å². The molecule has 0 aliphatic heterocycles. The van der Waals surface area contributed by atoms with E-state index >= 15 is 0 Å². The van der Waals surface area contributed by atoms with Crippen LogP contribution in [0.3, 0.4) is 0 Å². The molecule has 0 aliphatic carbocycles. The van der Waals surface area contributed by atoms with Gasteiger partial charge in [0.15, 0.2) is 6.10 Å². The highest BCUT2D eigenvalue weighted by Crippen LogP contribution is 2.29. The third-order valence-corrected chi connectivity index (χ3v) is 2.14. The number of non-ortho nitro benzene ring substituents is 1. The standard InChI is InChI=1S/C11H12N2O4/c1-7(6-12)17-11-4-3-9(13(15)16)5-10(11)8(2)14/h3-5,7-8,14H,1-2H3/t7?,8-/m1/s1. The molecule has 0 spiro atoms. The van der Waals surface area contributed by atoms with Crippen molar-refractivity contribution in [1.29, 1.82) is 5.26 Å². The number of hydrogen-bond acceptors (Lipinski definition) is 5. The first-order valence-electron chi connectivity index (χ1n) is 4.98. The van der Waals surface area contributed by atoms with Crippen molar-refractivity contribution < 1.29 is 14.8 Å². The monoisotopic (exact) mass is 236 g/mol. The number of benzene rings is 1. The number of nitriles is 1. The molecular formula is C11H12N2O4. The first kappa shape index (κ1) is 12.9. The quantitative estimate of drug-likeness (QED) is 0.636. The summed E-state index contributed by atoms with van der Waals surface area (Å²) in [4.78, 5) is 10.0. The van der Waals surface area contributed by atoms with E-state index in [1.807, 2.05) is 6.07 Å². The van der Waals surface area contributed by atoms with Gasteiger partial charge in [0.2, 0.25) is 0 Å². The molecule has 17 heavy (non-hydrogen) atoms. The van der Waals surface area contributed by atoms with Crippen molar-refractivity contribution >= 4 is 5.69 Å². The molecule has 0 fully saturated rings. The molecule has 0 aliphatic rings. The maximum absolute atomic E-state index is 10.6. The fourth-order valence-corrected chi connectivity index (χ4v) is 1.30. The molecule has 0 radical (unpaired) electrons. The topological polar surface area (TPSA) is 96.4 Å². The Labute approximate surface area is 98.2 Å². The van der Waals surface area contributed by atoms with Crippen LogP contribution in [-0.2, 0) is 0 Å². The van der Waals surface area contributed by atoms with Gasteiger partial charge in [-0.15, -0.1) is 0 Å². The molecule has 6 heteroatoms. The van der Waals surface area contributed by atoms with E-state index in [1.165, 1.54) is 25.1 Å². The van der Waals surface area contributed by atoms with E-state index in [-0.39, 0.29) is 11.4 Å². The van der Waals surface area contributed by atoms with Gasteiger partial charge in [-0.2, -0.15) is 5.26 Å². The summed E-state index contributed by atoms with van der Waals surface area (Å²) >= 11 is 0. The van der Waals surface area contributed by atoms with E-state index in [4.69, 9.17) is 10.00 Å². The smallest absolute Gasteiger partial charge is 0.270 e. The van der Waals surface area contributed by atoms with Gasteiger partial charge in [-0.3, -0.25) is 10.1 Å². The lowest BCUT2D eigenvalue weighted by Gasteiger charge is -2.14. The van der Waals surface area contributed by atoms with Crippen LogP contribution < -0.4 is 4.74 Å². The lowest BCUT2D eigenvalue weighted by molar-refractivity contribution is -0.385. The predicted molar refractivity (Wildman–Crippen MR) is 59.4 cm³/mol. The van der Waals surface area contributed by atoms with Crippen molar-refractivity contribution in [3.05, 3.63) is 33.9 Å². The molecule has 90 valence electrons. The van der Waals surface area contributed by atoms with Crippen molar-refractivity contribution in [3.8, 4) is 11.8 Å². The second-order valence-electron chi connectivity index (χ2n) is 3.54. The Kier molecular flexibility index (Phi) is 4.01. The van der Waals surface area contributed by atoms with Crippen LogP contribution >= 0.6 is 0 Å². The summed E-state index contributed by atoms with van der Waals surface area (Å²) in [6, 6.07) is 5.77. The fraction of sp³-hybridized carbons (Fsp3) is 0.364. The van der Waals surface area contributed by atoms with Gasteiger partial charge in [0, 0.05) is 17.7 Å². The van der Waals surface area contributed by atoms with E-state index < -0.39 is 17.1 Å². The van der Waals surface area contributed by atoms with Crippen molar-refractivity contribution in [2.24, 2.45) is 0 Å². The van der Waals surface area contributed by atoms with Gasteiger partial charge in [0.1, 0.15) is 11.8 Å². The Balaban J connectivity index is 3.14. The molecule has 0 aromatic heterocycles. The van der Waals surface area contributed by atoms with Gasteiger partial charge < -0.3 is 9.84 Å². The molecular weight excluding hydrogens is 224 g/mol. The summed E-state index contributed by atoms with van der Waals surface area (Å²) < 4.78 is 5.25. The fourth-order valence-electron chi connectivity index (χ4n) is 1.30. The number of rotatable bonds is 4. The highest BCUT2D eigenvalue weighted by molar-refractivity contribution is 5.45. The Morgan fingerprint density at radius 1 is 1.53 bits per heavy atom. The minimum atomic E-state index is -0.907. The second-order valence-corrected chi connectivity index (χ2v) is 3.54. The van der Waals surface area contributed by atoms with E-state index in [0.717, 1.165) is 0 Å². The van der Waals surface area contributed by atoms with Gasteiger partial charge >= 0.3 is 0 Å². The zero-order chi connectivity index (χ0) is 13.0. The molecule has 2 atom stereocenters. The molecule has 1 aromatic carbocycles. The molecule has 1 unspecified atom stereocenters. The normalized spacial score (nSPS) is 13.5.